The van der Waals surface area contributed by atoms with Gasteiger partial charge in [0.05, 0.1) is 0 Å². The minimum Gasteiger partial charge on any atom is -0.475 e. The Morgan fingerprint density at radius 2 is 2.22 bits per heavy atom. The van der Waals surface area contributed by atoms with Crippen molar-refractivity contribution >= 4 is 17.7 Å². The molecule has 2 rings (SSSR count). The molecule has 1 N–H and O–H groups in total. The maximum atomic E-state index is 10.8. The van der Waals surface area contributed by atoms with Crippen LogP contribution in [-0.4, -0.2) is 25.8 Å². The van der Waals surface area contributed by atoms with E-state index in [1.165, 1.54) is 11.8 Å². The van der Waals surface area contributed by atoms with Gasteiger partial charge in [-0.05, 0) is 19.9 Å². The lowest BCUT2D eigenvalue weighted by atomic mass is 10.3. The minimum absolute atomic E-state index is 0.0303. The van der Waals surface area contributed by atoms with E-state index in [4.69, 9.17) is 9.52 Å². The molecular weight excluding hydrogens is 254 g/mol. The van der Waals surface area contributed by atoms with E-state index < -0.39 is 5.97 Å². The van der Waals surface area contributed by atoms with Gasteiger partial charge in [0.25, 0.3) is 0 Å². The normalized spacial score (nSPS) is 10.8. The van der Waals surface area contributed by atoms with Gasteiger partial charge in [-0.3, -0.25) is 0 Å². The predicted molar refractivity (Wildman–Crippen MR) is 65.7 cm³/mol. The van der Waals surface area contributed by atoms with Crippen molar-refractivity contribution in [1.29, 1.82) is 0 Å². The highest BCUT2D eigenvalue weighted by Gasteiger charge is 2.14. The predicted octanol–water partition coefficient (Wildman–Crippen LogP) is 2.02. The van der Waals surface area contributed by atoms with Crippen LogP contribution in [0.1, 0.15) is 27.7 Å². The summed E-state index contributed by atoms with van der Waals surface area (Å²) < 4.78 is 7.03. The highest BCUT2D eigenvalue weighted by atomic mass is 32.2. The van der Waals surface area contributed by atoms with Crippen LogP contribution < -0.4 is 0 Å². The molecule has 96 valence electrons. The van der Waals surface area contributed by atoms with Crippen LogP contribution in [0.5, 0.6) is 0 Å². The van der Waals surface area contributed by atoms with Gasteiger partial charge in [0.15, 0.2) is 5.16 Å². The number of aromatic nitrogens is 3. The standard InChI is InChI=1S/C11H13N3O3S/c1-6-8(4-9(17-6)10(15)16)5-18-11-13-12-7(2)14(11)3/h4H,5H2,1-3H3,(H,15,16). The average Bonchev–Trinajstić information content (AvgIpc) is 2.83. The molecule has 0 amide bonds. The number of carboxylic acid groups (broad SMARTS) is 1. The molecular formula is C11H13N3O3S. The molecule has 0 radical (unpaired) electrons. The first-order chi connectivity index (χ1) is 8.49. The molecule has 0 aliphatic rings. The van der Waals surface area contributed by atoms with Crippen LogP contribution in [0.4, 0.5) is 0 Å². The molecule has 0 saturated carbocycles. The molecule has 0 aromatic carbocycles. The summed E-state index contributed by atoms with van der Waals surface area (Å²) in [4.78, 5) is 10.8. The lowest BCUT2D eigenvalue weighted by Gasteiger charge is -2.00. The Labute approximate surface area is 108 Å². The summed E-state index contributed by atoms with van der Waals surface area (Å²) in [6.07, 6.45) is 0. The highest BCUT2D eigenvalue weighted by molar-refractivity contribution is 7.98. The number of hydrogen-bond acceptors (Lipinski definition) is 5. The zero-order valence-electron chi connectivity index (χ0n) is 10.3. The first-order valence-electron chi connectivity index (χ1n) is 5.30. The van der Waals surface area contributed by atoms with Crippen molar-refractivity contribution in [2.45, 2.75) is 24.8 Å². The first-order valence-corrected chi connectivity index (χ1v) is 6.29. The molecule has 18 heavy (non-hydrogen) atoms. The Morgan fingerprint density at radius 1 is 1.50 bits per heavy atom. The second-order valence-electron chi connectivity index (χ2n) is 3.87. The van der Waals surface area contributed by atoms with Crippen LogP contribution in [-0.2, 0) is 12.8 Å². The van der Waals surface area contributed by atoms with Crippen molar-refractivity contribution in [1.82, 2.24) is 14.8 Å². The van der Waals surface area contributed by atoms with Gasteiger partial charge in [-0.1, -0.05) is 11.8 Å². The van der Waals surface area contributed by atoms with Gasteiger partial charge in [0.2, 0.25) is 5.76 Å². The molecule has 0 aliphatic carbocycles. The number of nitrogens with zero attached hydrogens (tertiary/aromatic N) is 3. The second-order valence-corrected chi connectivity index (χ2v) is 4.82. The number of rotatable bonds is 4. The van der Waals surface area contributed by atoms with Crippen LogP contribution in [0.25, 0.3) is 0 Å². The number of aryl methyl sites for hydroxylation is 2. The number of carbonyl (C=O) groups is 1. The van der Waals surface area contributed by atoms with Crippen molar-refractivity contribution in [3.05, 3.63) is 29.0 Å². The quantitative estimate of drug-likeness (QED) is 0.853. The monoisotopic (exact) mass is 267 g/mol. The summed E-state index contributed by atoms with van der Waals surface area (Å²) >= 11 is 1.50. The zero-order valence-corrected chi connectivity index (χ0v) is 11.1. The Bertz CT molecular complexity index is 588. The van der Waals surface area contributed by atoms with Gasteiger partial charge in [0.1, 0.15) is 11.6 Å². The molecule has 0 bridgehead atoms. The van der Waals surface area contributed by atoms with Gasteiger partial charge in [-0.25, -0.2) is 4.79 Å². The van der Waals surface area contributed by atoms with Crippen LogP contribution in [0.3, 0.4) is 0 Å². The lowest BCUT2D eigenvalue weighted by molar-refractivity contribution is 0.0661. The van der Waals surface area contributed by atoms with E-state index in [1.807, 2.05) is 18.5 Å². The number of aromatic carboxylic acids is 1. The molecule has 0 unspecified atom stereocenters. The van der Waals surface area contributed by atoms with Gasteiger partial charge < -0.3 is 14.1 Å². The fraction of sp³-hybridized carbons (Fsp3) is 0.364. The number of furan rings is 1. The number of thioether (sulfide) groups is 1. The Hall–Kier alpha value is -1.76. The minimum atomic E-state index is -1.05. The molecule has 6 nitrogen and oxygen atoms in total. The van der Waals surface area contributed by atoms with Crippen molar-refractivity contribution in [3.8, 4) is 0 Å². The van der Waals surface area contributed by atoms with Gasteiger partial charge >= 0.3 is 5.97 Å². The molecule has 0 fully saturated rings. The third kappa shape index (κ3) is 2.40. The highest BCUT2D eigenvalue weighted by Crippen LogP contribution is 2.25. The smallest absolute Gasteiger partial charge is 0.371 e. The van der Waals surface area contributed by atoms with Gasteiger partial charge in [0, 0.05) is 18.4 Å². The second kappa shape index (κ2) is 4.85. The van der Waals surface area contributed by atoms with E-state index in [0.29, 0.717) is 11.5 Å². The SMILES string of the molecule is Cc1oc(C(=O)O)cc1CSc1nnc(C)n1C. The summed E-state index contributed by atoms with van der Waals surface area (Å²) in [5, 5.41) is 17.6. The molecule has 0 aliphatic heterocycles. The fourth-order valence-electron chi connectivity index (χ4n) is 1.42. The molecule has 7 heteroatoms. The van der Waals surface area contributed by atoms with E-state index in [2.05, 4.69) is 10.2 Å². The van der Waals surface area contributed by atoms with Crippen LogP contribution in [0.15, 0.2) is 15.6 Å². The summed E-state index contributed by atoms with van der Waals surface area (Å²) in [5.74, 6) is 0.988. The Kier molecular flexibility index (Phi) is 3.42. The number of carboxylic acids is 1. The van der Waals surface area contributed by atoms with E-state index in [0.717, 1.165) is 16.5 Å². The average molecular weight is 267 g/mol. The molecule has 0 saturated heterocycles. The van der Waals surface area contributed by atoms with Gasteiger partial charge in [-0.2, -0.15) is 0 Å². The van der Waals surface area contributed by atoms with Crippen molar-refractivity contribution in [3.63, 3.8) is 0 Å². The molecule has 2 aromatic rings. The summed E-state index contributed by atoms with van der Waals surface area (Å²) in [6.45, 7) is 3.63. The fourth-order valence-corrected chi connectivity index (χ4v) is 2.42. The Morgan fingerprint density at radius 3 is 2.72 bits per heavy atom. The van der Waals surface area contributed by atoms with E-state index in [1.54, 1.807) is 13.0 Å². The van der Waals surface area contributed by atoms with E-state index in [9.17, 15) is 4.79 Å². The van der Waals surface area contributed by atoms with Crippen molar-refractivity contribution in [2.24, 2.45) is 7.05 Å². The largest absolute Gasteiger partial charge is 0.475 e. The van der Waals surface area contributed by atoms with Crippen molar-refractivity contribution < 1.29 is 14.3 Å². The molecule has 2 aromatic heterocycles. The third-order valence-corrected chi connectivity index (χ3v) is 3.71. The third-order valence-electron chi connectivity index (χ3n) is 2.64. The summed E-state index contributed by atoms with van der Waals surface area (Å²) in [6, 6.07) is 1.55. The topological polar surface area (TPSA) is 81.2 Å². The molecule has 0 spiro atoms. The maximum Gasteiger partial charge on any atom is 0.371 e. The van der Waals surface area contributed by atoms with Crippen molar-refractivity contribution in [2.75, 3.05) is 0 Å². The van der Waals surface area contributed by atoms with E-state index in [-0.39, 0.29) is 5.76 Å². The van der Waals surface area contributed by atoms with Gasteiger partial charge in [-0.15, -0.1) is 10.2 Å². The molecule has 2 heterocycles. The summed E-state index contributed by atoms with van der Waals surface area (Å²) in [5.41, 5.74) is 0.859. The lowest BCUT2D eigenvalue weighted by Crippen LogP contribution is -1.94. The summed E-state index contributed by atoms with van der Waals surface area (Å²) in [7, 11) is 1.89. The van der Waals surface area contributed by atoms with Crippen LogP contribution >= 0.6 is 11.8 Å². The van der Waals surface area contributed by atoms with Crippen LogP contribution in [0, 0.1) is 13.8 Å². The Balaban J connectivity index is 2.11. The van der Waals surface area contributed by atoms with E-state index >= 15 is 0 Å². The molecule has 0 atom stereocenters. The van der Waals surface area contributed by atoms with Crippen LogP contribution in [0.2, 0.25) is 0 Å². The maximum absolute atomic E-state index is 10.8. The number of hydrogen-bond donors (Lipinski definition) is 1. The zero-order chi connectivity index (χ0) is 13.3. The first kappa shape index (κ1) is 12.7.